The van der Waals surface area contributed by atoms with Gasteiger partial charge < -0.3 is 10.6 Å². The van der Waals surface area contributed by atoms with E-state index >= 15 is 0 Å². The first-order valence-electron chi connectivity index (χ1n) is 4.71. The molecule has 0 aliphatic heterocycles. The Hall–Kier alpha value is -0.150. The molecule has 0 aromatic rings. The highest BCUT2D eigenvalue weighted by Crippen LogP contribution is 1.98. The van der Waals surface area contributed by atoms with Gasteiger partial charge in [-0.05, 0) is 38.9 Å². The Bertz CT molecular complexity index is 122. The van der Waals surface area contributed by atoms with Crippen molar-refractivity contribution >= 4 is 17.2 Å². The molecular weight excluding hydrogens is 168 g/mol. The molecule has 0 saturated carbocycles. The van der Waals surface area contributed by atoms with E-state index in [2.05, 4.69) is 18.7 Å². The Morgan fingerprint density at radius 3 is 2.25 bits per heavy atom. The van der Waals surface area contributed by atoms with Crippen LogP contribution in [0.4, 0.5) is 0 Å². The predicted molar refractivity (Wildman–Crippen MR) is 58.4 cm³/mol. The fourth-order valence-corrected chi connectivity index (χ4v) is 1.32. The zero-order valence-electron chi connectivity index (χ0n) is 8.18. The highest BCUT2D eigenvalue weighted by molar-refractivity contribution is 7.80. The van der Waals surface area contributed by atoms with Crippen LogP contribution in [0.15, 0.2) is 0 Å². The highest BCUT2D eigenvalue weighted by atomic mass is 32.1. The van der Waals surface area contributed by atoms with Crippen LogP contribution in [-0.2, 0) is 0 Å². The fourth-order valence-electron chi connectivity index (χ4n) is 1.17. The van der Waals surface area contributed by atoms with Crippen molar-refractivity contribution in [1.29, 1.82) is 0 Å². The predicted octanol–water partition coefficient (Wildman–Crippen LogP) is 1.78. The van der Waals surface area contributed by atoms with Crippen molar-refractivity contribution in [3.05, 3.63) is 0 Å². The zero-order chi connectivity index (χ0) is 9.40. The third-order valence-corrected chi connectivity index (χ3v) is 2.25. The third kappa shape index (κ3) is 6.55. The van der Waals surface area contributed by atoms with Gasteiger partial charge >= 0.3 is 0 Å². The van der Waals surface area contributed by atoms with E-state index in [-0.39, 0.29) is 0 Å². The standard InChI is InChI=1S/C9H20N2S/c1-3-11(4-2)8-6-5-7-9(10)12/h3-8H2,1-2H3,(H2,10,12). The average Bonchev–Trinajstić information content (AvgIpc) is 2.04. The number of unbranched alkanes of at least 4 members (excludes halogenated alkanes) is 1. The summed E-state index contributed by atoms with van der Waals surface area (Å²) in [5, 5.41) is 0. The van der Waals surface area contributed by atoms with Crippen LogP contribution in [0.3, 0.4) is 0 Å². The first-order chi connectivity index (χ1) is 5.70. The maximum atomic E-state index is 5.39. The van der Waals surface area contributed by atoms with Gasteiger partial charge in [0.15, 0.2) is 0 Å². The number of nitrogens with zero attached hydrogens (tertiary/aromatic N) is 1. The molecule has 0 bridgehead atoms. The second kappa shape index (κ2) is 7.50. The van der Waals surface area contributed by atoms with E-state index in [1.165, 1.54) is 13.0 Å². The smallest absolute Gasteiger partial charge is 0.0727 e. The van der Waals surface area contributed by atoms with Gasteiger partial charge in [0, 0.05) is 0 Å². The molecule has 0 aromatic heterocycles. The minimum Gasteiger partial charge on any atom is -0.393 e. The van der Waals surface area contributed by atoms with E-state index in [1.54, 1.807) is 0 Å². The summed E-state index contributed by atoms with van der Waals surface area (Å²) in [5.41, 5.74) is 5.39. The van der Waals surface area contributed by atoms with E-state index in [1.807, 2.05) is 0 Å². The van der Waals surface area contributed by atoms with E-state index in [9.17, 15) is 0 Å². The number of nitrogens with two attached hydrogens (primary N) is 1. The molecule has 0 rings (SSSR count). The number of rotatable bonds is 7. The lowest BCUT2D eigenvalue weighted by atomic mass is 10.2. The van der Waals surface area contributed by atoms with E-state index < -0.39 is 0 Å². The minimum atomic E-state index is 0.648. The van der Waals surface area contributed by atoms with Gasteiger partial charge in [-0.1, -0.05) is 26.1 Å². The summed E-state index contributed by atoms with van der Waals surface area (Å²) in [6.07, 6.45) is 3.24. The second-order valence-corrected chi connectivity index (χ2v) is 3.47. The van der Waals surface area contributed by atoms with Gasteiger partial charge in [-0.2, -0.15) is 0 Å². The number of hydrogen-bond donors (Lipinski definition) is 1. The summed E-state index contributed by atoms with van der Waals surface area (Å²) in [6.45, 7) is 7.84. The van der Waals surface area contributed by atoms with E-state index in [4.69, 9.17) is 18.0 Å². The molecule has 0 amide bonds. The molecule has 3 heteroatoms. The van der Waals surface area contributed by atoms with Crippen molar-refractivity contribution in [2.75, 3.05) is 19.6 Å². The van der Waals surface area contributed by atoms with Crippen molar-refractivity contribution in [2.24, 2.45) is 5.73 Å². The van der Waals surface area contributed by atoms with Gasteiger partial charge in [0.05, 0.1) is 4.99 Å². The molecule has 2 N–H and O–H groups in total. The van der Waals surface area contributed by atoms with Crippen LogP contribution in [-0.4, -0.2) is 29.5 Å². The Morgan fingerprint density at radius 2 is 1.83 bits per heavy atom. The molecule has 0 spiro atoms. The van der Waals surface area contributed by atoms with Crippen LogP contribution in [0.25, 0.3) is 0 Å². The molecule has 0 radical (unpaired) electrons. The zero-order valence-corrected chi connectivity index (χ0v) is 8.99. The molecular formula is C9H20N2S. The summed E-state index contributed by atoms with van der Waals surface area (Å²) < 4.78 is 0. The molecule has 12 heavy (non-hydrogen) atoms. The van der Waals surface area contributed by atoms with Crippen LogP contribution in [0, 0.1) is 0 Å². The van der Waals surface area contributed by atoms with Crippen LogP contribution < -0.4 is 5.73 Å². The van der Waals surface area contributed by atoms with Crippen molar-refractivity contribution in [2.45, 2.75) is 33.1 Å². The number of thiocarbonyl (C=S) groups is 1. The lowest BCUT2D eigenvalue weighted by Crippen LogP contribution is -2.24. The molecule has 0 saturated heterocycles. The molecule has 2 nitrogen and oxygen atoms in total. The Morgan fingerprint density at radius 1 is 1.25 bits per heavy atom. The summed E-state index contributed by atoms with van der Waals surface area (Å²) in [7, 11) is 0. The van der Waals surface area contributed by atoms with Crippen LogP contribution in [0.5, 0.6) is 0 Å². The Kier molecular flexibility index (Phi) is 7.40. The van der Waals surface area contributed by atoms with Gasteiger partial charge in [-0.3, -0.25) is 0 Å². The Labute approximate surface area is 81.1 Å². The SMILES string of the molecule is CCN(CC)CCCCC(N)=S. The Balaban J connectivity index is 3.23. The topological polar surface area (TPSA) is 29.3 Å². The first-order valence-corrected chi connectivity index (χ1v) is 5.12. The summed E-state index contributed by atoms with van der Waals surface area (Å²) in [5.74, 6) is 0. The van der Waals surface area contributed by atoms with Crippen molar-refractivity contribution in [3.63, 3.8) is 0 Å². The summed E-state index contributed by atoms with van der Waals surface area (Å²) in [4.78, 5) is 3.06. The minimum absolute atomic E-state index is 0.648. The molecule has 0 unspecified atom stereocenters. The van der Waals surface area contributed by atoms with Crippen molar-refractivity contribution < 1.29 is 0 Å². The average molecular weight is 188 g/mol. The molecule has 0 aromatic carbocycles. The molecule has 0 fully saturated rings. The largest absolute Gasteiger partial charge is 0.393 e. The van der Waals surface area contributed by atoms with Crippen LogP contribution >= 0.6 is 12.2 Å². The summed E-state index contributed by atoms with van der Waals surface area (Å²) >= 11 is 4.80. The third-order valence-electron chi connectivity index (χ3n) is 2.04. The van der Waals surface area contributed by atoms with Gasteiger partial charge in [0.2, 0.25) is 0 Å². The molecule has 72 valence electrons. The molecule has 0 aliphatic rings. The maximum absolute atomic E-state index is 5.39. The quantitative estimate of drug-likeness (QED) is 0.488. The second-order valence-electron chi connectivity index (χ2n) is 2.95. The monoisotopic (exact) mass is 188 g/mol. The van der Waals surface area contributed by atoms with Crippen LogP contribution in [0.1, 0.15) is 33.1 Å². The summed E-state index contributed by atoms with van der Waals surface area (Å²) in [6, 6.07) is 0. The van der Waals surface area contributed by atoms with Crippen molar-refractivity contribution in [1.82, 2.24) is 4.90 Å². The van der Waals surface area contributed by atoms with E-state index in [0.29, 0.717) is 4.99 Å². The van der Waals surface area contributed by atoms with Gasteiger partial charge in [0.25, 0.3) is 0 Å². The van der Waals surface area contributed by atoms with E-state index in [0.717, 1.165) is 25.9 Å². The normalized spacial score (nSPS) is 10.6. The maximum Gasteiger partial charge on any atom is 0.0727 e. The molecule has 0 atom stereocenters. The van der Waals surface area contributed by atoms with Gasteiger partial charge in [-0.15, -0.1) is 0 Å². The van der Waals surface area contributed by atoms with Gasteiger partial charge in [0.1, 0.15) is 0 Å². The molecule has 0 heterocycles. The lowest BCUT2D eigenvalue weighted by molar-refractivity contribution is 0.298. The van der Waals surface area contributed by atoms with Crippen molar-refractivity contribution in [3.8, 4) is 0 Å². The lowest BCUT2D eigenvalue weighted by Gasteiger charge is -2.17. The molecule has 0 aliphatic carbocycles. The fraction of sp³-hybridized carbons (Fsp3) is 0.889. The number of hydrogen-bond acceptors (Lipinski definition) is 2. The highest BCUT2D eigenvalue weighted by Gasteiger charge is 1.97. The van der Waals surface area contributed by atoms with Gasteiger partial charge in [-0.25, -0.2) is 0 Å². The van der Waals surface area contributed by atoms with Crippen LogP contribution in [0.2, 0.25) is 0 Å². The first kappa shape index (κ1) is 11.8.